The van der Waals surface area contributed by atoms with Crippen LogP contribution in [0.1, 0.15) is 13.3 Å². The van der Waals surface area contributed by atoms with Crippen molar-refractivity contribution >= 4 is 46.5 Å². The smallest absolute Gasteiger partial charge is 0.266 e. The van der Waals surface area contributed by atoms with Crippen molar-refractivity contribution in [2.45, 2.75) is 19.4 Å². The van der Waals surface area contributed by atoms with E-state index >= 15 is 0 Å². The zero-order valence-electron chi connectivity index (χ0n) is 13.8. The van der Waals surface area contributed by atoms with Crippen LogP contribution in [0.4, 0.5) is 5.69 Å². The maximum absolute atomic E-state index is 12.3. The number of rotatable bonds is 4. The number of anilines is 1. The molecule has 0 radical (unpaired) electrons. The molecule has 2 amide bonds. The fourth-order valence-electron chi connectivity index (χ4n) is 2.33. The van der Waals surface area contributed by atoms with Crippen molar-refractivity contribution in [2.24, 2.45) is 5.10 Å². The van der Waals surface area contributed by atoms with Gasteiger partial charge in [-0.25, -0.2) is 0 Å². The number of nitrogens with one attached hydrogen (secondary N) is 1. The third-order valence-electron chi connectivity index (χ3n) is 3.61. The number of benzene rings is 2. The summed E-state index contributed by atoms with van der Waals surface area (Å²) in [6, 6.07) is 13.7. The highest BCUT2D eigenvalue weighted by Crippen LogP contribution is 2.28. The zero-order valence-corrected chi connectivity index (χ0v) is 15.3. The van der Waals surface area contributed by atoms with Crippen molar-refractivity contribution in [3.8, 4) is 5.75 Å². The predicted molar refractivity (Wildman–Crippen MR) is 101 cm³/mol. The minimum atomic E-state index is -0.836. The molecule has 1 N–H and O–H groups in total. The van der Waals surface area contributed by atoms with Crippen LogP contribution in [0.15, 0.2) is 53.6 Å². The van der Waals surface area contributed by atoms with Crippen molar-refractivity contribution < 1.29 is 14.3 Å². The Hall–Kier alpha value is -2.57. The summed E-state index contributed by atoms with van der Waals surface area (Å²) in [6.07, 6.45) is -0.827. The van der Waals surface area contributed by atoms with E-state index in [9.17, 15) is 9.59 Å². The fraction of sp³-hybridized carbons (Fsp3) is 0.167. The molecule has 1 aliphatic rings. The van der Waals surface area contributed by atoms with Gasteiger partial charge in [-0.2, -0.15) is 10.1 Å². The molecule has 1 heterocycles. The lowest BCUT2D eigenvalue weighted by molar-refractivity contribution is -0.125. The van der Waals surface area contributed by atoms with E-state index in [2.05, 4.69) is 10.4 Å². The van der Waals surface area contributed by atoms with Crippen LogP contribution in [0.3, 0.4) is 0 Å². The van der Waals surface area contributed by atoms with Gasteiger partial charge in [0.1, 0.15) is 11.6 Å². The second-order valence-electron chi connectivity index (χ2n) is 5.59. The number of hydrogen-bond acceptors (Lipinski definition) is 4. The van der Waals surface area contributed by atoms with Gasteiger partial charge in [-0.1, -0.05) is 41.4 Å². The van der Waals surface area contributed by atoms with Crippen molar-refractivity contribution in [1.29, 1.82) is 0 Å². The number of amidine groups is 1. The Labute approximate surface area is 160 Å². The van der Waals surface area contributed by atoms with E-state index in [-0.39, 0.29) is 18.2 Å². The van der Waals surface area contributed by atoms with Crippen LogP contribution >= 0.6 is 23.2 Å². The minimum Gasteiger partial charge on any atom is -0.479 e. The molecule has 0 saturated heterocycles. The first-order valence-corrected chi connectivity index (χ1v) is 8.57. The Morgan fingerprint density at radius 1 is 1.23 bits per heavy atom. The van der Waals surface area contributed by atoms with Crippen LogP contribution in [0.5, 0.6) is 5.75 Å². The number of para-hydroxylation sites is 1. The third-order valence-corrected chi connectivity index (χ3v) is 4.14. The van der Waals surface area contributed by atoms with Crippen LogP contribution in [-0.2, 0) is 9.59 Å². The summed E-state index contributed by atoms with van der Waals surface area (Å²) in [4.78, 5) is 24.4. The maximum Gasteiger partial charge on any atom is 0.266 e. The van der Waals surface area contributed by atoms with Gasteiger partial charge in [0, 0.05) is 5.02 Å². The summed E-state index contributed by atoms with van der Waals surface area (Å²) in [5.74, 6) is -0.0473. The lowest BCUT2D eigenvalue weighted by Crippen LogP contribution is -2.39. The monoisotopic (exact) mass is 391 g/mol. The average molecular weight is 392 g/mol. The summed E-state index contributed by atoms with van der Waals surface area (Å²) >= 11 is 11.9. The molecule has 2 aromatic rings. The van der Waals surface area contributed by atoms with Crippen LogP contribution in [0.2, 0.25) is 10.0 Å². The molecule has 0 unspecified atom stereocenters. The van der Waals surface area contributed by atoms with Crippen molar-refractivity contribution in [1.82, 2.24) is 5.32 Å². The summed E-state index contributed by atoms with van der Waals surface area (Å²) in [7, 11) is 0. The van der Waals surface area contributed by atoms with Gasteiger partial charge < -0.3 is 10.1 Å². The summed E-state index contributed by atoms with van der Waals surface area (Å²) in [6.45, 7) is 1.58. The molecule has 0 bridgehead atoms. The van der Waals surface area contributed by atoms with Gasteiger partial charge in [-0.05, 0) is 37.3 Å². The SMILES string of the molecule is C[C@H](Oc1ccc(Cl)cc1Cl)C(=O)NC1=NN(c2ccccc2)C(=O)C1. The summed E-state index contributed by atoms with van der Waals surface area (Å²) < 4.78 is 5.55. The molecule has 134 valence electrons. The Bertz CT molecular complexity index is 871. The lowest BCUT2D eigenvalue weighted by Gasteiger charge is -2.15. The molecule has 0 aromatic heterocycles. The Morgan fingerprint density at radius 3 is 2.65 bits per heavy atom. The van der Waals surface area contributed by atoms with Crippen molar-refractivity contribution in [3.05, 3.63) is 58.6 Å². The van der Waals surface area contributed by atoms with Gasteiger partial charge in [-0.15, -0.1) is 0 Å². The van der Waals surface area contributed by atoms with Gasteiger partial charge in [0.25, 0.3) is 11.8 Å². The minimum absolute atomic E-state index is 0.00898. The molecular weight excluding hydrogens is 377 g/mol. The number of carbonyl (C=O) groups excluding carboxylic acids is 2. The van der Waals surface area contributed by atoms with E-state index in [1.165, 1.54) is 11.1 Å². The van der Waals surface area contributed by atoms with E-state index in [1.54, 1.807) is 43.3 Å². The molecule has 0 aliphatic carbocycles. The number of halogens is 2. The molecule has 6 nitrogen and oxygen atoms in total. The molecule has 2 aromatic carbocycles. The quantitative estimate of drug-likeness (QED) is 0.864. The van der Waals surface area contributed by atoms with Gasteiger partial charge >= 0.3 is 0 Å². The summed E-state index contributed by atoms with van der Waals surface area (Å²) in [5, 5.41) is 8.82. The predicted octanol–water partition coefficient (Wildman–Crippen LogP) is 3.63. The second-order valence-corrected chi connectivity index (χ2v) is 6.43. The Kier molecular flexibility index (Phi) is 5.44. The first-order chi connectivity index (χ1) is 12.4. The fourth-order valence-corrected chi connectivity index (χ4v) is 2.78. The van der Waals surface area contributed by atoms with Crippen LogP contribution in [0, 0.1) is 0 Å². The van der Waals surface area contributed by atoms with E-state index in [0.717, 1.165) is 0 Å². The first-order valence-electron chi connectivity index (χ1n) is 7.82. The number of carbonyl (C=O) groups is 2. The molecule has 8 heteroatoms. The topological polar surface area (TPSA) is 71.0 Å². The van der Waals surface area contributed by atoms with Gasteiger partial charge in [0.05, 0.1) is 17.1 Å². The van der Waals surface area contributed by atoms with Crippen LogP contribution < -0.4 is 15.1 Å². The summed E-state index contributed by atoms with van der Waals surface area (Å²) in [5.41, 5.74) is 0.638. The molecule has 3 rings (SSSR count). The van der Waals surface area contributed by atoms with Gasteiger partial charge in [-0.3, -0.25) is 9.59 Å². The molecule has 0 saturated carbocycles. The van der Waals surface area contributed by atoms with Gasteiger partial charge in [0.15, 0.2) is 6.10 Å². The molecule has 26 heavy (non-hydrogen) atoms. The average Bonchev–Trinajstić information content (AvgIpc) is 2.98. The normalized spacial score (nSPS) is 14.8. The lowest BCUT2D eigenvalue weighted by atomic mass is 10.3. The van der Waals surface area contributed by atoms with Crippen molar-refractivity contribution in [3.63, 3.8) is 0 Å². The second kappa shape index (κ2) is 7.76. The number of hydrogen-bond donors (Lipinski definition) is 1. The highest BCUT2D eigenvalue weighted by Gasteiger charge is 2.28. The van der Waals surface area contributed by atoms with E-state index in [1.807, 2.05) is 6.07 Å². The standard InChI is InChI=1S/C18H15Cl2N3O3/c1-11(26-15-8-7-12(19)9-14(15)20)18(25)21-16-10-17(24)23(22-16)13-5-3-2-4-6-13/h2-9,11H,10H2,1H3,(H,21,22,25)/t11-/m0/s1. The largest absolute Gasteiger partial charge is 0.479 e. The van der Waals surface area contributed by atoms with Gasteiger partial charge in [0.2, 0.25) is 0 Å². The third kappa shape index (κ3) is 4.15. The highest BCUT2D eigenvalue weighted by atomic mass is 35.5. The molecule has 1 atom stereocenters. The number of ether oxygens (including phenoxy) is 1. The first kappa shape index (κ1) is 18.2. The van der Waals surface area contributed by atoms with Crippen LogP contribution in [0.25, 0.3) is 0 Å². The van der Waals surface area contributed by atoms with E-state index in [0.29, 0.717) is 21.5 Å². The number of amides is 2. The number of nitrogens with zero attached hydrogens (tertiary/aromatic N) is 2. The molecule has 0 fully saturated rings. The maximum atomic E-state index is 12.3. The van der Waals surface area contributed by atoms with E-state index < -0.39 is 12.0 Å². The van der Waals surface area contributed by atoms with E-state index in [4.69, 9.17) is 27.9 Å². The molecule has 1 aliphatic heterocycles. The molecular formula is C18H15Cl2N3O3. The molecule has 0 spiro atoms. The van der Waals surface area contributed by atoms with Crippen LogP contribution in [-0.4, -0.2) is 23.8 Å². The Morgan fingerprint density at radius 2 is 1.96 bits per heavy atom. The number of hydrazone groups is 1. The Balaban J connectivity index is 1.65. The van der Waals surface area contributed by atoms with Crippen molar-refractivity contribution in [2.75, 3.05) is 5.01 Å². The zero-order chi connectivity index (χ0) is 18.7. The highest BCUT2D eigenvalue weighted by molar-refractivity contribution is 6.35.